The first kappa shape index (κ1) is 23.0. The van der Waals surface area contributed by atoms with Crippen molar-refractivity contribution < 1.29 is 0 Å². The van der Waals surface area contributed by atoms with Crippen LogP contribution in [0.15, 0.2) is 98.0 Å². The van der Waals surface area contributed by atoms with Gasteiger partial charge in [-0.1, -0.05) is 49.0 Å². The van der Waals surface area contributed by atoms with Crippen LogP contribution in [0.3, 0.4) is 0 Å². The Kier molecular flexibility index (Phi) is 4.88. The lowest BCUT2D eigenvalue weighted by molar-refractivity contribution is 0.609. The van der Waals surface area contributed by atoms with E-state index in [2.05, 4.69) is 91.6 Å². The van der Waals surface area contributed by atoms with Gasteiger partial charge in [-0.15, -0.1) is 10.2 Å². The molecule has 6 aromatic rings. The Labute approximate surface area is 230 Å². The maximum Gasteiger partial charge on any atom is 0.271 e. The van der Waals surface area contributed by atoms with Gasteiger partial charge in [-0.3, -0.25) is 9.97 Å². The number of nitrogens with one attached hydrogen (secondary N) is 1. The number of hydrogen-bond acceptors (Lipinski definition) is 7. The fourth-order valence-electron chi connectivity index (χ4n) is 5.69. The van der Waals surface area contributed by atoms with Crippen molar-refractivity contribution in [2.75, 3.05) is 0 Å². The minimum absolute atomic E-state index is 0.112. The van der Waals surface area contributed by atoms with E-state index in [9.17, 15) is 0 Å². The van der Waals surface area contributed by atoms with E-state index >= 15 is 0 Å². The van der Waals surface area contributed by atoms with Crippen molar-refractivity contribution in [1.82, 2.24) is 40.1 Å². The highest BCUT2D eigenvalue weighted by Crippen LogP contribution is 2.53. The van der Waals surface area contributed by atoms with Crippen LogP contribution in [-0.2, 0) is 11.0 Å². The molecule has 2 saturated carbocycles. The van der Waals surface area contributed by atoms with Crippen LogP contribution < -0.4 is 5.32 Å². The molecule has 40 heavy (non-hydrogen) atoms. The first-order chi connectivity index (χ1) is 19.6. The van der Waals surface area contributed by atoms with Crippen LogP contribution in [0.1, 0.15) is 48.3 Å². The fraction of sp³-hybridized carbons (Fsp3) is 0.188. The molecule has 0 bridgehead atoms. The number of aromatic nitrogens is 7. The highest BCUT2D eigenvalue weighted by atomic mass is 15.4. The SMILES string of the molecule is C=C(NC1(c2ccccn2)CC1)c1ccc(-c2cnc3nnc(C4(c5ccc6ncccc6c5)CC4)n3n2)cc1. The molecule has 0 atom stereocenters. The molecule has 2 aliphatic rings. The molecule has 2 aromatic carbocycles. The quantitative estimate of drug-likeness (QED) is 0.298. The predicted octanol–water partition coefficient (Wildman–Crippen LogP) is 5.46. The Bertz CT molecular complexity index is 1900. The van der Waals surface area contributed by atoms with Crippen molar-refractivity contribution in [3.63, 3.8) is 0 Å². The van der Waals surface area contributed by atoms with Crippen LogP contribution >= 0.6 is 0 Å². The number of pyridine rings is 2. The highest BCUT2D eigenvalue weighted by Gasteiger charge is 2.50. The molecule has 4 heterocycles. The second-order valence-electron chi connectivity index (χ2n) is 10.8. The molecule has 194 valence electrons. The molecule has 0 unspecified atom stereocenters. The van der Waals surface area contributed by atoms with Gasteiger partial charge in [-0.05, 0) is 67.1 Å². The largest absolute Gasteiger partial charge is 0.374 e. The zero-order chi connectivity index (χ0) is 26.7. The second-order valence-corrected chi connectivity index (χ2v) is 10.8. The summed E-state index contributed by atoms with van der Waals surface area (Å²) < 4.78 is 1.81. The normalized spacial score (nSPS) is 16.6. The van der Waals surface area contributed by atoms with Crippen LogP contribution in [0.25, 0.3) is 33.6 Å². The summed E-state index contributed by atoms with van der Waals surface area (Å²) in [5.41, 5.74) is 6.60. The predicted molar refractivity (Wildman–Crippen MR) is 153 cm³/mol. The Balaban J connectivity index is 1.08. The molecular formula is C32H26N8. The molecule has 0 spiro atoms. The summed E-state index contributed by atoms with van der Waals surface area (Å²) in [5, 5.41) is 18.6. The fourth-order valence-corrected chi connectivity index (χ4v) is 5.69. The van der Waals surface area contributed by atoms with Gasteiger partial charge in [0.1, 0.15) is 5.69 Å². The lowest BCUT2D eigenvalue weighted by Crippen LogP contribution is -2.28. The van der Waals surface area contributed by atoms with Gasteiger partial charge < -0.3 is 5.32 Å². The van der Waals surface area contributed by atoms with Crippen LogP contribution in [-0.4, -0.2) is 34.8 Å². The number of benzene rings is 2. The standard InChI is InChI=1S/C32H26N8/c1-21(36-32(15-16-32)28-6-2-3-17-34-28)22-7-9-23(10-8-22)27-20-35-30-38-37-29(40(30)39-27)31(13-14-31)25-11-12-26-24(19-25)5-4-18-33-26/h2-12,17-20,36H,1,13-16H2. The van der Waals surface area contributed by atoms with Crippen LogP contribution in [0.4, 0.5) is 0 Å². The van der Waals surface area contributed by atoms with E-state index in [1.54, 1.807) is 6.20 Å². The summed E-state index contributed by atoms with van der Waals surface area (Å²) in [5.74, 6) is 1.34. The van der Waals surface area contributed by atoms with Crippen LogP contribution in [0.5, 0.6) is 0 Å². The molecule has 1 N–H and O–H groups in total. The van der Waals surface area contributed by atoms with E-state index < -0.39 is 0 Å². The van der Waals surface area contributed by atoms with Gasteiger partial charge in [0, 0.05) is 29.0 Å². The molecular weight excluding hydrogens is 496 g/mol. The Morgan fingerprint density at radius 3 is 2.45 bits per heavy atom. The topological polar surface area (TPSA) is 93.8 Å². The molecule has 0 aliphatic heterocycles. The molecule has 0 saturated heterocycles. The first-order valence-corrected chi connectivity index (χ1v) is 13.6. The molecule has 0 radical (unpaired) electrons. The van der Waals surface area contributed by atoms with Crippen molar-refractivity contribution in [2.45, 2.75) is 36.6 Å². The zero-order valence-electron chi connectivity index (χ0n) is 21.8. The van der Waals surface area contributed by atoms with E-state index in [1.807, 2.05) is 35.1 Å². The van der Waals surface area contributed by atoms with Crippen LogP contribution in [0.2, 0.25) is 0 Å². The van der Waals surface area contributed by atoms with Gasteiger partial charge >= 0.3 is 0 Å². The Morgan fingerprint density at radius 1 is 0.825 bits per heavy atom. The lowest BCUT2D eigenvalue weighted by Gasteiger charge is -2.20. The number of rotatable bonds is 7. The molecule has 2 aliphatic carbocycles. The van der Waals surface area contributed by atoms with Crippen molar-refractivity contribution >= 4 is 22.4 Å². The van der Waals surface area contributed by atoms with Gasteiger partial charge in [0.05, 0.1) is 28.4 Å². The van der Waals surface area contributed by atoms with Gasteiger partial charge in [0.15, 0.2) is 5.82 Å². The third-order valence-corrected chi connectivity index (χ3v) is 8.29. The average Bonchev–Trinajstić information content (AvgIpc) is 3.94. The third kappa shape index (κ3) is 3.67. The molecule has 4 aromatic heterocycles. The van der Waals surface area contributed by atoms with Gasteiger partial charge in [-0.25, -0.2) is 4.98 Å². The number of hydrogen-bond donors (Lipinski definition) is 1. The van der Waals surface area contributed by atoms with Gasteiger partial charge in [0.25, 0.3) is 5.78 Å². The summed E-state index contributed by atoms with van der Waals surface area (Å²) >= 11 is 0. The minimum Gasteiger partial charge on any atom is -0.374 e. The van der Waals surface area contributed by atoms with E-state index in [0.29, 0.717) is 5.78 Å². The summed E-state index contributed by atoms with van der Waals surface area (Å²) in [6.07, 6.45) is 9.52. The summed E-state index contributed by atoms with van der Waals surface area (Å²) in [7, 11) is 0. The van der Waals surface area contributed by atoms with Gasteiger partial charge in [0.2, 0.25) is 0 Å². The van der Waals surface area contributed by atoms with E-state index in [-0.39, 0.29) is 11.0 Å². The van der Waals surface area contributed by atoms with Crippen LogP contribution in [0, 0.1) is 0 Å². The molecule has 0 amide bonds. The summed E-state index contributed by atoms with van der Waals surface area (Å²) in [4.78, 5) is 13.6. The van der Waals surface area contributed by atoms with E-state index in [0.717, 1.165) is 70.6 Å². The average molecular weight is 523 g/mol. The first-order valence-electron chi connectivity index (χ1n) is 13.6. The van der Waals surface area contributed by atoms with Crippen molar-refractivity contribution in [1.29, 1.82) is 0 Å². The minimum atomic E-state index is -0.212. The van der Waals surface area contributed by atoms with Gasteiger partial charge in [-0.2, -0.15) is 9.61 Å². The maximum absolute atomic E-state index is 4.95. The highest BCUT2D eigenvalue weighted by molar-refractivity contribution is 5.79. The summed E-state index contributed by atoms with van der Waals surface area (Å²) in [6, 6.07) is 24.8. The van der Waals surface area contributed by atoms with Crippen molar-refractivity contribution in [3.05, 3.63) is 121 Å². The van der Waals surface area contributed by atoms with E-state index in [1.165, 1.54) is 5.56 Å². The number of fused-ring (bicyclic) bond motifs is 2. The Hall–Kier alpha value is -4.98. The monoisotopic (exact) mass is 522 g/mol. The zero-order valence-corrected chi connectivity index (χ0v) is 21.8. The smallest absolute Gasteiger partial charge is 0.271 e. The van der Waals surface area contributed by atoms with E-state index in [4.69, 9.17) is 5.10 Å². The molecule has 2 fully saturated rings. The Morgan fingerprint density at radius 2 is 1.68 bits per heavy atom. The van der Waals surface area contributed by atoms with Crippen molar-refractivity contribution in [2.24, 2.45) is 0 Å². The molecule has 8 heteroatoms. The molecule has 8 rings (SSSR count). The molecule has 8 nitrogen and oxygen atoms in total. The maximum atomic E-state index is 4.95. The van der Waals surface area contributed by atoms with Crippen molar-refractivity contribution in [3.8, 4) is 11.3 Å². The number of nitrogens with zero attached hydrogens (tertiary/aromatic N) is 7. The second kappa shape index (κ2) is 8.51. The third-order valence-electron chi connectivity index (χ3n) is 8.29. The summed E-state index contributed by atoms with van der Waals surface area (Å²) in [6.45, 7) is 4.31. The lowest BCUT2D eigenvalue weighted by atomic mass is 9.94.